The standard InChI is InChI=1S/C20H13FN2O2/c21-15-7-4-8-16(12-15)22-20(24)14-9-10-18-17(11-14)19(25-23-18)13-5-2-1-3-6-13/h1-12H,(H,22,24). The molecule has 0 aliphatic carbocycles. The van der Waals surface area contributed by atoms with Gasteiger partial charge in [-0.05, 0) is 36.4 Å². The number of anilines is 1. The molecule has 122 valence electrons. The van der Waals surface area contributed by atoms with Gasteiger partial charge in [0.05, 0.1) is 5.39 Å². The number of hydrogen-bond donors (Lipinski definition) is 1. The van der Waals surface area contributed by atoms with Crippen molar-refractivity contribution in [2.45, 2.75) is 0 Å². The SMILES string of the molecule is O=C(Nc1cccc(F)c1)c1ccc2noc(-c3ccccc3)c2c1. The first-order chi connectivity index (χ1) is 12.2. The Bertz CT molecular complexity index is 1060. The van der Waals surface area contributed by atoms with Gasteiger partial charge in [0.15, 0.2) is 5.76 Å². The normalized spacial score (nSPS) is 10.8. The third kappa shape index (κ3) is 2.99. The molecular formula is C20H13FN2O2. The molecule has 0 unspecified atom stereocenters. The Morgan fingerprint density at radius 1 is 0.960 bits per heavy atom. The summed E-state index contributed by atoms with van der Waals surface area (Å²) in [6.45, 7) is 0. The van der Waals surface area contributed by atoms with Crippen LogP contribution in [0.1, 0.15) is 10.4 Å². The molecule has 1 heterocycles. The van der Waals surface area contributed by atoms with Crippen molar-refractivity contribution in [3.8, 4) is 11.3 Å². The van der Waals surface area contributed by atoms with E-state index in [2.05, 4.69) is 10.5 Å². The van der Waals surface area contributed by atoms with Crippen molar-refractivity contribution in [2.75, 3.05) is 5.32 Å². The van der Waals surface area contributed by atoms with E-state index in [4.69, 9.17) is 4.52 Å². The zero-order chi connectivity index (χ0) is 17.2. The molecule has 25 heavy (non-hydrogen) atoms. The number of nitrogens with one attached hydrogen (secondary N) is 1. The summed E-state index contributed by atoms with van der Waals surface area (Å²) in [7, 11) is 0. The molecule has 0 saturated carbocycles. The van der Waals surface area contributed by atoms with E-state index in [1.807, 2.05) is 30.3 Å². The van der Waals surface area contributed by atoms with Crippen LogP contribution in [0.25, 0.3) is 22.2 Å². The number of aromatic nitrogens is 1. The molecule has 4 aromatic rings. The monoisotopic (exact) mass is 332 g/mol. The fourth-order valence-corrected chi connectivity index (χ4v) is 2.65. The summed E-state index contributed by atoms with van der Waals surface area (Å²) in [4.78, 5) is 12.5. The van der Waals surface area contributed by atoms with E-state index < -0.39 is 5.82 Å². The second kappa shape index (κ2) is 6.20. The van der Waals surface area contributed by atoms with Gasteiger partial charge in [-0.25, -0.2) is 4.39 Å². The first-order valence-corrected chi connectivity index (χ1v) is 7.72. The molecule has 0 saturated heterocycles. The molecule has 1 N–H and O–H groups in total. The lowest BCUT2D eigenvalue weighted by molar-refractivity contribution is 0.102. The molecule has 0 aliphatic heterocycles. The van der Waals surface area contributed by atoms with Crippen LogP contribution >= 0.6 is 0 Å². The second-order valence-corrected chi connectivity index (χ2v) is 5.57. The van der Waals surface area contributed by atoms with Crippen molar-refractivity contribution in [1.82, 2.24) is 5.16 Å². The maximum absolute atomic E-state index is 13.3. The van der Waals surface area contributed by atoms with Crippen LogP contribution in [-0.2, 0) is 0 Å². The Morgan fingerprint density at radius 3 is 2.60 bits per heavy atom. The van der Waals surface area contributed by atoms with Gasteiger partial charge in [0, 0.05) is 16.8 Å². The highest BCUT2D eigenvalue weighted by Crippen LogP contribution is 2.29. The first kappa shape index (κ1) is 15.1. The minimum absolute atomic E-state index is 0.326. The minimum atomic E-state index is -0.404. The molecule has 1 aromatic heterocycles. The lowest BCUT2D eigenvalue weighted by Crippen LogP contribution is -2.11. The van der Waals surface area contributed by atoms with Crippen LogP contribution in [0, 0.1) is 5.82 Å². The number of rotatable bonds is 3. The number of amides is 1. The van der Waals surface area contributed by atoms with Gasteiger partial charge in [0.2, 0.25) is 0 Å². The van der Waals surface area contributed by atoms with Gasteiger partial charge < -0.3 is 9.84 Å². The van der Waals surface area contributed by atoms with Gasteiger partial charge in [-0.1, -0.05) is 41.6 Å². The Balaban J connectivity index is 1.70. The molecule has 0 bridgehead atoms. The summed E-state index contributed by atoms with van der Waals surface area (Å²) in [5.74, 6) is -0.123. The maximum Gasteiger partial charge on any atom is 0.255 e. The van der Waals surface area contributed by atoms with Crippen LogP contribution < -0.4 is 5.32 Å². The second-order valence-electron chi connectivity index (χ2n) is 5.57. The van der Waals surface area contributed by atoms with Crippen LogP contribution in [0.3, 0.4) is 0 Å². The average molecular weight is 332 g/mol. The maximum atomic E-state index is 13.3. The number of fused-ring (bicyclic) bond motifs is 1. The fourth-order valence-electron chi connectivity index (χ4n) is 2.65. The fraction of sp³-hybridized carbons (Fsp3) is 0. The van der Waals surface area contributed by atoms with Gasteiger partial charge >= 0.3 is 0 Å². The summed E-state index contributed by atoms with van der Waals surface area (Å²) in [5, 5.41) is 7.47. The molecular weight excluding hydrogens is 319 g/mol. The first-order valence-electron chi connectivity index (χ1n) is 7.72. The summed E-state index contributed by atoms with van der Waals surface area (Å²) in [6.07, 6.45) is 0. The molecule has 0 aliphatic rings. The summed E-state index contributed by atoms with van der Waals surface area (Å²) in [6, 6.07) is 20.4. The van der Waals surface area contributed by atoms with Crippen LogP contribution in [0.5, 0.6) is 0 Å². The summed E-state index contributed by atoms with van der Waals surface area (Å²) < 4.78 is 18.7. The van der Waals surface area contributed by atoms with Gasteiger partial charge in [-0.2, -0.15) is 0 Å². The van der Waals surface area contributed by atoms with E-state index in [1.54, 1.807) is 30.3 Å². The van der Waals surface area contributed by atoms with Crippen LogP contribution in [0.15, 0.2) is 77.3 Å². The average Bonchev–Trinajstić information content (AvgIpc) is 3.05. The van der Waals surface area contributed by atoms with E-state index in [1.165, 1.54) is 12.1 Å². The third-order valence-electron chi connectivity index (χ3n) is 3.86. The molecule has 0 radical (unpaired) electrons. The topological polar surface area (TPSA) is 55.1 Å². The van der Waals surface area contributed by atoms with E-state index >= 15 is 0 Å². The number of carbonyl (C=O) groups is 1. The Kier molecular flexibility index (Phi) is 3.74. The van der Waals surface area contributed by atoms with Crippen molar-refractivity contribution in [1.29, 1.82) is 0 Å². The van der Waals surface area contributed by atoms with Gasteiger partial charge in [0.25, 0.3) is 5.91 Å². The molecule has 3 aromatic carbocycles. The summed E-state index contributed by atoms with van der Waals surface area (Å²) >= 11 is 0. The molecule has 0 atom stereocenters. The zero-order valence-electron chi connectivity index (χ0n) is 13.1. The molecule has 0 fully saturated rings. The summed E-state index contributed by atoms with van der Waals surface area (Å²) in [5.41, 5.74) is 2.39. The largest absolute Gasteiger partial charge is 0.355 e. The van der Waals surface area contributed by atoms with Crippen LogP contribution in [0.2, 0.25) is 0 Å². The van der Waals surface area contributed by atoms with Crippen molar-refractivity contribution in [2.24, 2.45) is 0 Å². The molecule has 4 rings (SSSR count). The predicted molar refractivity (Wildman–Crippen MR) is 93.8 cm³/mol. The van der Waals surface area contributed by atoms with Crippen LogP contribution in [-0.4, -0.2) is 11.1 Å². The predicted octanol–water partition coefficient (Wildman–Crippen LogP) is 4.89. The van der Waals surface area contributed by atoms with Crippen molar-refractivity contribution >= 4 is 22.5 Å². The minimum Gasteiger partial charge on any atom is -0.355 e. The highest BCUT2D eigenvalue weighted by molar-refractivity contribution is 6.07. The molecule has 0 spiro atoms. The van der Waals surface area contributed by atoms with E-state index in [-0.39, 0.29) is 5.91 Å². The van der Waals surface area contributed by atoms with Crippen molar-refractivity contribution in [3.05, 3.63) is 84.2 Å². The smallest absolute Gasteiger partial charge is 0.255 e. The Morgan fingerprint density at radius 2 is 1.80 bits per heavy atom. The van der Waals surface area contributed by atoms with Gasteiger partial charge in [-0.15, -0.1) is 0 Å². The number of carbonyl (C=O) groups excluding carboxylic acids is 1. The Hall–Kier alpha value is -3.47. The number of hydrogen-bond acceptors (Lipinski definition) is 3. The Labute approximate surface area is 142 Å². The van der Waals surface area contributed by atoms with Crippen molar-refractivity contribution in [3.63, 3.8) is 0 Å². The van der Waals surface area contributed by atoms with E-state index in [0.717, 1.165) is 10.9 Å². The number of benzene rings is 3. The quantitative estimate of drug-likeness (QED) is 0.581. The molecule has 4 nitrogen and oxygen atoms in total. The lowest BCUT2D eigenvalue weighted by Gasteiger charge is -2.05. The van der Waals surface area contributed by atoms with Gasteiger partial charge in [0.1, 0.15) is 11.3 Å². The van der Waals surface area contributed by atoms with E-state index in [0.29, 0.717) is 22.5 Å². The van der Waals surface area contributed by atoms with E-state index in [9.17, 15) is 9.18 Å². The van der Waals surface area contributed by atoms with Crippen LogP contribution in [0.4, 0.5) is 10.1 Å². The number of halogens is 1. The third-order valence-corrected chi connectivity index (χ3v) is 3.86. The number of nitrogens with zero attached hydrogens (tertiary/aromatic N) is 1. The highest BCUT2D eigenvalue weighted by Gasteiger charge is 2.14. The molecule has 5 heteroatoms. The van der Waals surface area contributed by atoms with Gasteiger partial charge in [-0.3, -0.25) is 4.79 Å². The zero-order valence-corrected chi connectivity index (χ0v) is 13.1. The highest BCUT2D eigenvalue weighted by atomic mass is 19.1. The van der Waals surface area contributed by atoms with Crippen molar-refractivity contribution < 1.29 is 13.7 Å². The lowest BCUT2D eigenvalue weighted by atomic mass is 10.1. The molecule has 1 amide bonds.